The highest BCUT2D eigenvalue weighted by Gasteiger charge is 2.42. The van der Waals surface area contributed by atoms with Crippen LogP contribution in [0.5, 0.6) is 11.5 Å². The molecular weight excluding hydrogens is 468 g/mol. The molecule has 2 heterocycles. The maximum atomic E-state index is 13.3. The molecule has 0 bridgehead atoms. The van der Waals surface area contributed by atoms with Crippen LogP contribution in [-0.4, -0.2) is 39.0 Å². The van der Waals surface area contributed by atoms with Crippen LogP contribution in [0, 0.1) is 0 Å². The van der Waals surface area contributed by atoms with Crippen LogP contribution in [0.1, 0.15) is 11.4 Å². The van der Waals surface area contributed by atoms with Crippen LogP contribution in [0.15, 0.2) is 54.7 Å². The molecule has 0 atom stereocenters. The largest absolute Gasteiger partial charge is 0.497 e. The topological polar surface area (TPSA) is 67.0 Å². The fourth-order valence-corrected chi connectivity index (χ4v) is 3.14. The van der Waals surface area contributed by atoms with Gasteiger partial charge in [-0.25, -0.2) is 9.36 Å². The quantitative estimate of drug-likeness (QED) is 0.366. The van der Waals surface area contributed by atoms with E-state index in [2.05, 4.69) is 15.4 Å². The number of ether oxygens (including phenoxy) is 2. The molecule has 2 aromatic carbocycles. The first-order valence-electron chi connectivity index (χ1n) is 9.50. The summed E-state index contributed by atoms with van der Waals surface area (Å²) in [7, 11) is 2.99. The molecule has 0 fully saturated rings. The number of benzene rings is 2. The Kier molecular flexibility index (Phi) is 5.71. The second-order valence-electron chi connectivity index (χ2n) is 6.99. The van der Waals surface area contributed by atoms with Gasteiger partial charge in [0.05, 0.1) is 31.8 Å². The molecule has 7 nitrogen and oxygen atoms in total. The minimum Gasteiger partial charge on any atom is -0.497 e. The van der Waals surface area contributed by atoms with E-state index in [0.717, 1.165) is 0 Å². The number of hydrogen-bond acceptors (Lipinski definition) is 5. The second-order valence-corrected chi connectivity index (χ2v) is 6.99. The summed E-state index contributed by atoms with van der Waals surface area (Å²) >= 11 is 0. The van der Waals surface area contributed by atoms with Gasteiger partial charge in [-0.2, -0.15) is 31.4 Å². The number of methoxy groups -OCH3 is 2. The first-order chi connectivity index (χ1) is 16.0. The van der Waals surface area contributed by atoms with E-state index in [9.17, 15) is 26.3 Å². The first-order valence-corrected chi connectivity index (χ1v) is 9.50. The highest BCUT2D eigenvalue weighted by atomic mass is 19.4. The Morgan fingerprint density at radius 1 is 0.765 bits per heavy atom. The predicted octanol–water partition coefficient (Wildman–Crippen LogP) is 5.17. The standard InChI is InChI=1S/C21H15F6N5O2/c1-33-15-7-14(8-16(9-15)34-2)31-11-17(28-30-31)12-3-5-13(6-4-12)32-19(21(25,26)27)10-18(29-32)20(22,23)24/h3-11H,1-2H3. The Hall–Kier alpha value is -4.03. The zero-order valence-electron chi connectivity index (χ0n) is 17.5. The molecule has 13 heteroatoms. The molecule has 0 saturated carbocycles. The lowest BCUT2D eigenvalue weighted by atomic mass is 10.1. The van der Waals surface area contributed by atoms with Crippen LogP contribution in [0.25, 0.3) is 22.6 Å². The minimum atomic E-state index is -5.03. The van der Waals surface area contributed by atoms with Gasteiger partial charge in [0.15, 0.2) is 5.69 Å². The molecule has 0 amide bonds. The summed E-state index contributed by atoms with van der Waals surface area (Å²) in [6.07, 6.45) is -8.48. The van der Waals surface area contributed by atoms with Crippen molar-refractivity contribution in [1.82, 2.24) is 24.8 Å². The van der Waals surface area contributed by atoms with E-state index in [0.29, 0.717) is 28.4 Å². The summed E-state index contributed by atoms with van der Waals surface area (Å²) in [5, 5.41) is 11.2. The predicted molar refractivity (Wildman–Crippen MR) is 107 cm³/mol. The van der Waals surface area contributed by atoms with Gasteiger partial charge in [0.2, 0.25) is 0 Å². The monoisotopic (exact) mass is 483 g/mol. The van der Waals surface area contributed by atoms with E-state index in [1.165, 1.54) is 43.2 Å². The van der Waals surface area contributed by atoms with Gasteiger partial charge in [-0.05, 0) is 12.1 Å². The zero-order chi connectivity index (χ0) is 24.7. The molecule has 0 unspecified atom stereocenters. The Morgan fingerprint density at radius 2 is 1.38 bits per heavy atom. The summed E-state index contributed by atoms with van der Waals surface area (Å²) in [5.74, 6) is 1.04. The smallest absolute Gasteiger partial charge is 0.435 e. The number of hydrogen-bond donors (Lipinski definition) is 0. The van der Waals surface area contributed by atoms with Gasteiger partial charge in [0.25, 0.3) is 0 Å². The third-order valence-electron chi connectivity index (χ3n) is 4.79. The van der Waals surface area contributed by atoms with Gasteiger partial charge in [0, 0.05) is 29.8 Å². The molecule has 2 aromatic heterocycles. The number of nitrogens with zero attached hydrogens (tertiary/aromatic N) is 5. The average molecular weight is 483 g/mol. The molecule has 0 aliphatic heterocycles. The summed E-state index contributed by atoms with van der Waals surface area (Å²) in [5.41, 5.74) is -1.94. The van der Waals surface area contributed by atoms with Gasteiger partial charge >= 0.3 is 12.4 Å². The molecule has 4 rings (SSSR count). The molecule has 0 spiro atoms. The maximum Gasteiger partial charge on any atom is 0.435 e. The van der Waals surface area contributed by atoms with E-state index in [4.69, 9.17) is 9.47 Å². The van der Waals surface area contributed by atoms with E-state index in [-0.39, 0.29) is 16.4 Å². The molecular formula is C21H15F6N5O2. The van der Waals surface area contributed by atoms with Crippen molar-refractivity contribution in [3.05, 3.63) is 66.1 Å². The van der Waals surface area contributed by atoms with Crippen LogP contribution >= 0.6 is 0 Å². The molecule has 178 valence electrons. The van der Waals surface area contributed by atoms with Crippen molar-refractivity contribution in [2.24, 2.45) is 0 Å². The number of halogens is 6. The molecule has 34 heavy (non-hydrogen) atoms. The van der Waals surface area contributed by atoms with Gasteiger partial charge in [-0.15, -0.1) is 5.10 Å². The van der Waals surface area contributed by atoms with Crippen LogP contribution < -0.4 is 9.47 Å². The van der Waals surface area contributed by atoms with Crippen LogP contribution in [0.2, 0.25) is 0 Å². The Morgan fingerprint density at radius 3 is 1.91 bits per heavy atom. The minimum absolute atomic E-state index is 0.0259. The summed E-state index contributed by atoms with van der Waals surface area (Å²) < 4.78 is 90.8. The fourth-order valence-electron chi connectivity index (χ4n) is 3.14. The molecule has 0 aliphatic carbocycles. The van der Waals surface area contributed by atoms with Crippen molar-refractivity contribution in [3.8, 4) is 34.1 Å². The van der Waals surface area contributed by atoms with Crippen molar-refractivity contribution in [2.75, 3.05) is 14.2 Å². The van der Waals surface area contributed by atoms with Crippen molar-refractivity contribution in [1.29, 1.82) is 0 Å². The van der Waals surface area contributed by atoms with E-state index < -0.39 is 23.7 Å². The summed E-state index contributed by atoms with van der Waals surface area (Å²) in [6, 6.07) is 10.3. The molecule has 4 aromatic rings. The van der Waals surface area contributed by atoms with Crippen molar-refractivity contribution in [2.45, 2.75) is 12.4 Å². The van der Waals surface area contributed by atoms with Crippen molar-refractivity contribution >= 4 is 0 Å². The SMILES string of the molecule is COc1cc(OC)cc(-n2cc(-c3ccc(-n4nc(C(F)(F)F)cc4C(F)(F)F)cc3)nn2)c1. The maximum absolute atomic E-state index is 13.3. The molecule has 0 radical (unpaired) electrons. The van der Waals surface area contributed by atoms with Gasteiger partial charge in [-0.3, -0.25) is 0 Å². The summed E-state index contributed by atoms with van der Waals surface area (Å²) in [4.78, 5) is 0. The molecule has 0 N–H and O–H groups in total. The lowest BCUT2D eigenvalue weighted by Gasteiger charge is -2.10. The number of alkyl halides is 6. The number of aromatic nitrogens is 5. The Balaban J connectivity index is 1.67. The van der Waals surface area contributed by atoms with Gasteiger partial charge in [0.1, 0.15) is 22.9 Å². The average Bonchev–Trinajstić information content (AvgIpc) is 3.46. The van der Waals surface area contributed by atoms with E-state index in [1.54, 1.807) is 24.4 Å². The van der Waals surface area contributed by atoms with Crippen LogP contribution in [0.4, 0.5) is 26.3 Å². The zero-order valence-corrected chi connectivity index (χ0v) is 17.5. The van der Waals surface area contributed by atoms with E-state index in [1.807, 2.05) is 0 Å². The van der Waals surface area contributed by atoms with Crippen LogP contribution in [-0.2, 0) is 12.4 Å². The highest BCUT2D eigenvalue weighted by molar-refractivity contribution is 5.60. The number of rotatable bonds is 5. The third-order valence-corrected chi connectivity index (χ3v) is 4.79. The van der Waals surface area contributed by atoms with Gasteiger partial charge < -0.3 is 9.47 Å². The summed E-state index contributed by atoms with van der Waals surface area (Å²) in [6.45, 7) is 0. The third kappa shape index (κ3) is 4.54. The van der Waals surface area contributed by atoms with Crippen LogP contribution in [0.3, 0.4) is 0 Å². The van der Waals surface area contributed by atoms with E-state index >= 15 is 0 Å². The Bertz CT molecular complexity index is 1290. The van der Waals surface area contributed by atoms with Crippen molar-refractivity contribution < 1.29 is 35.8 Å². The van der Waals surface area contributed by atoms with Crippen molar-refractivity contribution in [3.63, 3.8) is 0 Å². The fraction of sp³-hybridized carbons (Fsp3) is 0.190. The van der Waals surface area contributed by atoms with Gasteiger partial charge in [-0.1, -0.05) is 17.3 Å². The Labute approximate surface area is 188 Å². The second kappa shape index (κ2) is 8.39. The first kappa shape index (κ1) is 23.1. The molecule has 0 aliphatic rings. The molecule has 0 saturated heterocycles. The lowest BCUT2D eigenvalue weighted by Crippen LogP contribution is -2.13. The lowest BCUT2D eigenvalue weighted by molar-refractivity contribution is -0.143. The normalized spacial score (nSPS) is 12.1. The highest BCUT2D eigenvalue weighted by Crippen LogP contribution is 2.36.